The van der Waals surface area contributed by atoms with Crippen molar-refractivity contribution >= 4 is 37.6 Å². The van der Waals surface area contributed by atoms with Crippen LogP contribution in [0.2, 0.25) is 0 Å². The lowest BCUT2D eigenvalue weighted by atomic mass is 9.96. The fourth-order valence-corrected chi connectivity index (χ4v) is 5.62. The third-order valence-electron chi connectivity index (χ3n) is 6.21. The molecule has 0 N–H and O–H groups in total. The molecule has 0 unspecified atom stereocenters. The summed E-state index contributed by atoms with van der Waals surface area (Å²) in [5, 5.41) is 0. The lowest BCUT2D eigenvalue weighted by molar-refractivity contribution is 0.103. The largest absolute Gasteiger partial charge is 0.289 e. The van der Waals surface area contributed by atoms with E-state index in [-0.39, 0.29) is 5.78 Å². The zero-order chi connectivity index (χ0) is 20.4. The van der Waals surface area contributed by atoms with E-state index in [4.69, 9.17) is 0 Å². The summed E-state index contributed by atoms with van der Waals surface area (Å²) in [5.41, 5.74) is 11.6. The molecule has 2 aliphatic carbocycles. The van der Waals surface area contributed by atoms with Gasteiger partial charge in [0.2, 0.25) is 0 Å². The Kier molecular flexibility index (Phi) is 4.12. The van der Waals surface area contributed by atoms with Crippen molar-refractivity contribution in [3.8, 4) is 22.3 Å². The molecule has 0 saturated heterocycles. The van der Waals surface area contributed by atoms with Gasteiger partial charge in [0.05, 0.1) is 0 Å². The molecule has 0 aromatic heterocycles. The molecular formula is C27H16Br2O. The average molecular weight is 516 g/mol. The van der Waals surface area contributed by atoms with E-state index in [1.54, 1.807) is 0 Å². The zero-order valence-electron chi connectivity index (χ0n) is 16.0. The van der Waals surface area contributed by atoms with E-state index in [2.05, 4.69) is 92.5 Å². The van der Waals surface area contributed by atoms with Gasteiger partial charge in [0.15, 0.2) is 5.78 Å². The maximum absolute atomic E-state index is 13.3. The van der Waals surface area contributed by atoms with E-state index >= 15 is 0 Å². The summed E-state index contributed by atoms with van der Waals surface area (Å²) in [5.74, 6) is 0.0925. The van der Waals surface area contributed by atoms with Crippen LogP contribution in [0, 0.1) is 0 Å². The third kappa shape index (κ3) is 2.84. The molecule has 144 valence electrons. The van der Waals surface area contributed by atoms with Crippen molar-refractivity contribution in [1.29, 1.82) is 0 Å². The molecule has 30 heavy (non-hydrogen) atoms. The Morgan fingerprint density at radius 2 is 0.900 bits per heavy atom. The lowest BCUT2D eigenvalue weighted by Gasteiger charge is -2.07. The van der Waals surface area contributed by atoms with Crippen molar-refractivity contribution in [1.82, 2.24) is 0 Å². The quantitative estimate of drug-likeness (QED) is 0.217. The Morgan fingerprint density at radius 3 is 1.33 bits per heavy atom. The van der Waals surface area contributed by atoms with Crippen molar-refractivity contribution < 1.29 is 4.79 Å². The minimum Gasteiger partial charge on any atom is -0.289 e. The molecule has 0 spiro atoms. The van der Waals surface area contributed by atoms with Crippen LogP contribution < -0.4 is 0 Å². The number of rotatable bonds is 2. The Labute approximate surface area is 192 Å². The first-order valence-corrected chi connectivity index (χ1v) is 11.5. The summed E-state index contributed by atoms with van der Waals surface area (Å²) in [4.78, 5) is 13.3. The highest BCUT2D eigenvalue weighted by Crippen LogP contribution is 2.40. The summed E-state index contributed by atoms with van der Waals surface area (Å²) in [6.45, 7) is 0. The molecule has 1 nitrogen and oxygen atoms in total. The Bertz CT molecular complexity index is 1280. The summed E-state index contributed by atoms with van der Waals surface area (Å²) in [6, 6.07) is 25.1. The van der Waals surface area contributed by atoms with Crippen LogP contribution in [0.4, 0.5) is 0 Å². The molecule has 0 heterocycles. The highest BCUT2D eigenvalue weighted by molar-refractivity contribution is 9.10. The summed E-state index contributed by atoms with van der Waals surface area (Å²) < 4.78 is 2.19. The van der Waals surface area contributed by atoms with Crippen LogP contribution in [0.1, 0.15) is 38.2 Å². The maximum atomic E-state index is 13.3. The average Bonchev–Trinajstić information content (AvgIpc) is 3.28. The Hall–Kier alpha value is -2.49. The van der Waals surface area contributed by atoms with E-state index < -0.39 is 0 Å². The van der Waals surface area contributed by atoms with Crippen molar-refractivity contribution in [2.24, 2.45) is 0 Å². The first kappa shape index (κ1) is 18.3. The minimum atomic E-state index is 0.0925. The summed E-state index contributed by atoms with van der Waals surface area (Å²) in [6.07, 6.45) is 1.75. The Morgan fingerprint density at radius 1 is 0.533 bits per heavy atom. The topological polar surface area (TPSA) is 17.1 Å². The van der Waals surface area contributed by atoms with Gasteiger partial charge in [-0.3, -0.25) is 4.79 Å². The van der Waals surface area contributed by atoms with Gasteiger partial charge in [0.25, 0.3) is 0 Å². The molecule has 4 aromatic carbocycles. The van der Waals surface area contributed by atoms with Crippen LogP contribution >= 0.6 is 31.9 Å². The third-order valence-corrected chi connectivity index (χ3v) is 7.20. The van der Waals surface area contributed by atoms with Crippen LogP contribution in [-0.4, -0.2) is 5.78 Å². The van der Waals surface area contributed by atoms with Gasteiger partial charge in [0, 0.05) is 20.1 Å². The minimum absolute atomic E-state index is 0.0925. The van der Waals surface area contributed by atoms with Crippen LogP contribution in [0.3, 0.4) is 0 Å². The van der Waals surface area contributed by atoms with E-state index in [0.29, 0.717) is 0 Å². The molecular weight excluding hydrogens is 500 g/mol. The number of carbonyl (C=O) groups is 1. The molecule has 0 amide bonds. The molecule has 6 rings (SSSR count). The second-order valence-corrected chi connectivity index (χ2v) is 9.86. The van der Waals surface area contributed by atoms with Gasteiger partial charge in [-0.25, -0.2) is 0 Å². The summed E-state index contributed by atoms with van der Waals surface area (Å²) in [7, 11) is 0. The van der Waals surface area contributed by atoms with Gasteiger partial charge in [-0.2, -0.15) is 0 Å². The molecule has 0 radical (unpaired) electrons. The van der Waals surface area contributed by atoms with Gasteiger partial charge >= 0.3 is 0 Å². The SMILES string of the molecule is O=C(c1ccc2c(c1)Cc1cc(Br)ccc1-2)c1ccc2c(c1)Cc1cc(Br)ccc1-2. The van der Waals surface area contributed by atoms with E-state index in [1.807, 2.05) is 12.1 Å². The number of halogens is 2. The molecule has 0 bridgehead atoms. The summed E-state index contributed by atoms with van der Waals surface area (Å²) >= 11 is 7.12. The fourth-order valence-electron chi connectivity index (χ4n) is 4.81. The second-order valence-electron chi connectivity index (χ2n) is 8.03. The number of hydrogen-bond acceptors (Lipinski definition) is 1. The standard InChI is InChI=1S/C27H16Br2O/c28-21-3-7-25-19(13-21)11-17-9-15(1-5-23(17)25)27(30)16-2-6-24-18(10-16)12-20-14-22(29)4-8-26(20)24/h1-10,13-14H,11-12H2. The molecule has 0 atom stereocenters. The van der Waals surface area contributed by atoms with E-state index in [1.165, 1.54) is 44.5 Å². The first-order chi connectivity index (χ1) is 14.6. The molecule has 0 aliphatic heterocycles. The van der Waals surface area contributed by atoms with E-state index in [9.17, 15) is 4.79 Å². The molecule has 3 heteroatoms. The predicted octanol–water partition coefficient (Wildman–Crippen LogP) is 7.59. The van der Waals surface area contributed by atoms with Crippen LogP contribution in [0.25, 0.3) is 22.3 Å². The zero-order valence-corrected chi connectivity index (χ0v) is 19.2. The number of ketones is 1. The number of hydrogen-bond donors (Lipinski definition) is 0. The predicted molar refractivity (Wildman–Crippen MR) is 128 cm³/mol. The van der Waals surface area contributed by atoms with Crippen molar-refractivity contribution in [3.63, 3.8) is 0 Å². The van der Waals surface area contributed by atoms with Crippen molar-refractivity contribution in [2.75, 3.05) is 0 Å². The highest BCUT2D eigenvalue weighted by Gasteiger charge is 2.23. The van der Waals surface area contributed by atoms with Crippen LogP contribution in [-0.2, 0) is 12.8 Å². The van der Waals surface area contributed by atoms with Crippen molar-refractivity contribution in [3.05, 3.63) is 115 Å². The van der Waals surface area contributed by atoms with Gasteiger partial charge in [-0.1, -0.05) is 68.3 Å². The maximum Gasteiger partial charge on any atom is 0.193 e. The molecule has 4 aromatic rings. The second kappa shape index (κ2) is 6.76. The van der Waals surface area contributed by atoms with Crippen molar-refractivity contribution in [2.45, 2.75) is 12.8 Å². The Balaban J connectivity index is 1.34. The smallest absolute Gasteiger partial charge is 0.193 e. The van der Waals surface area contributed by atoms with Gasteiger partial charge in [-0.15, -0.1) is 0 Å². The highest BCUT2D eigenvalue weighted by atomic mass is 79.9. The number of carbonyl (C=O) groups excluding carboxylic acids is 1. The van der Waals surface area contributed by atoms with Gasteiger partial charge < -0.3 is 0 Å². The van der Waals surface area contributed by atoms with Gasteiger partial charge in [0.1, 0.15) is 0 Å². The fraction of sp³-hybridized carbons (Fsp3) is 0.0741. The molecule has 0 fully saturated rings. The normalized spacial score (nSPS) is 12.9. The number of fused-ring (bicyclic) bond motifs is 6. The monoisotopic (exact) mass is 514 g/mol. The number of benzene rings is 4. The van der Waals surface area contributed by atoms with E-state index in [0.717, 1.165) is 32.9 Å². The molecule has 0 saturated carbocycles. The van der Waals surface area contributed by atoms with Gasteiger partial charge in [-0.05, 0) is 93.7 Å². The van der Waals surface area contributed by atoms with Crippen LogP contribution in [0.5, 0.6) is 0 Å². The lowest BCUT2D eigenvalue weighted by Crippen LogP contribution is -2.03. The molecule has 2 aliphatic rings. The first-order valence-electron chi connectivity index (χ1n) is 9.95. The van der Waals surface area contributed by atoms with Crippen LogP contribution in [0.15, 0.2) is 81.7 Å².